The normalized spacial score (nSPS) is 13.7. The number of aromatic nitrogens is 4. The van der Waals surface area contributed by atoms with E-state index < -0.39 is 0 Å². The molecule has 6 nitrogen and oxygen atoms in total. The van der Waals surface area contributed by atoms with E-state index in [0.29, 0.717) is 16.9 Å². The summed E-state index contributed by atoms with van der Waals surface area (Å²) in [5.41, 5.74) is 2.26. The first-order valence-corrected chi connectivity index (χ1v) is 9.94. The molecule has 3 aromatic rings. The van der Waals surface area contributed by atoms with Crippen molar-refractivity contribution in [3.63, 3.8) is 0 Å². The zero-order valence-electron chi connectivity index (χ0n) is 15.3. The number of hydrogen-bond acceptors (Lipinski definition) is 5. The number of benzene rings is 2. The van der Waals surface area contributed by atoms with Crippen LogP contribution >= 0.6 is 11.8 Å². The largest absolute Gasteiger partial charge is 0.322 e. The van der Waals surface area contributed by atoms with Crippen LogP contribution in [0.15, 0.2) is 53.4 Å². The molecule has 0 unspecified atom stereocenters. The third-order valence-corrected chi connectivity index (χ3v) is 5.27. The van der Waals surface area contributed by atoms with Crippen molar-refractivity contribution >= 4 is 23.4 Å². The van der Waals surface area contributed by atoms with Gasteiger partial charge in [-0.25, -0.2) is 4.68 Å². The Balaban J connectivity index is 1.49. The number of rotatable bonds is 6. The van der Waals surface area contributed by atoms with Gasteiger partial charge in [0.2, 0.25) is 0 Å². The molecule has 1 aliphatic rings. The highest BCUT2D eigenvalue weighted by Gasteiger charge is 2.28. The lowest BCUT2D eigenvalue weighted by atomic mass is 10.1. The summed E-state index contributed by atoms with van der Waals surface area (Å²) in [6.07, 6.45) is 2.22. The van der Waals surface area contributed by atoms with Crippen LogP contribution in [0, 0.1) is 0 Å². The van der Waals surface area contributed by atoms with Crippen molar-refractivity contribution in [3.05, 3.63) is 54.1 Å². The van der Waals surface area contributed by atoms with Gasteiger partial charge < -0.3 is 5.32 Å². The topological polar surface area (TPSA) is 72.7 Å². The number of amides is 1. The average Bonchev–Trinajstić information content (AvgIpc) is 3.38. The van der Waals surface area contributed by atoms with Gasteiger partial charge in [0, 0.05) is 27.0 Å². The van der Waals surface area contributed by atoms with Gasteiger partial charge in [-0.3, -0.25) is 4.79 Å². The van der Waals surface area contributed by atoms with Gasteiger partial charge in [-0.05, 0) is 59.7 Å². The minimum absolute atomic E-state index is 0.130. The number of nitrogens with one attached hydrogen (secondary N) is 1. The first kappa shape index (κ1) is 17.7. The van der Waals surface area contributed by atoms with Crippen LogP contribution in [0.3, 0.4) is 0 Å². The lowest BCUT2D eigenvalue weighted by Gasteiger charge is -2.09. The van der Waals surface area contributed by atoms with E-state index in [1.165, 1.54) is 0 Å². The number of nitrogens with zero attached hydrogens (tertiary/aromatic N) is 4. The van der Waals surface area contributed by atoms with Crippen molar-refractivity contribution in [2.45, 2.75) is 42.9 Å². The molecule has 1 aliphatic carbocycles. The van der Waals surface area contributed by atoms with Crippen LogP contribution in [0.2, 0.25) is 0 Å². The van der Waals surface area contributed by atoms with E-state index in [-0.39, 0.29) is 5.91 Å². The Morgan fingerprint density at radius 2 is 1.96 bits per heavy atom. The zero-order valence-corrected chi connectivity index (χ0v) is 16.1. The lowest BCUT2D eigenvalue weighted by Crippen LogP contribution is -2.11. The molecule has 0 radical (unpaired) electrons. The van der Waals surface area contributed by atoms with Gasteiger partial charge in [-0.2, -0.15) is 0 Å². The second kappa shape index (κ2) is 7.52. The number of hydrogen-bond donors (Lipinski definition) is 1. The third-order valence-electron chi connectivity index (χ3n) is 4.25. The number of thioether (sulfide) groups is 1. The monoisotopic (exact) mass is 379 g/mol. The smallest absolute Gasteiger partial charge is 0.255 e. The number of anilines is 1. The third kappa shape index (κ3) is 4.19. The molecular weight excluding hydrogens is 358 g/mol. The van der Waals surface area contributed by atoms with Gasteiger partial charge in [0.25, 0.3) is 5.91 Å². The molecule has 0 atom stereocenters. The van der Waals surface area contributed by atoms with Gasteiger partial charge in [0.15, 0.2) is 5.82 Å². The molecule has 1 amide bonds. The maximum atomic E-state index is 12.6. The maximum absolute atomic E-state index is 12.6. The second-order valence-electron chi connectivity index (χ2n) is 6.90. The van der Waals surface area contributed by atoms with Crippen LogP contribution in [0.25, 0.3) is 11.4 Å². The second-order valence-corrected chi connectivity index (χ2v) is 8.55. The minimum Gasteiger partial charge on any atom is -0.322 e. The maximum Gasteiger partial charge on any atom is 0.255 e. The van der Waals surface area contributed by atoms with Gasteiger partial charge in [0.1, 0.15) is 0 Å². The molecule has 1 heterocycles. The standard InChI is InChI=1S/C20H21N5OS/c1-13(2)27-18-10-6-14(7-11-18)20(26)21-16-5-3-4-15(12-16)19-22-23-24-25(19)17-8-9-17/h3-7,10-13,17H,8-9H2,1-2H3,(H,21,26). The lowest BCUT2D eigenvalue weighted by molar-refractivity contribution is 0.102. The first-order valence-electron chi connectivity index (χ1n) is 9.06. The van der Waals surface area contributed by atoms with E-state index in [4.69, 9.17) is 0 Å². The molecule has 0 bridgehead atoms. The van der Waals surface area contributed by atoms with E-state index in [2.05, 4.69) is 34.7 Å². The Labute approximate surface area is 162 Å². The molecule has 0 saturated heterocycles. The Bertz CT molecular complexity index is 947. The van der Waals surface area contributed by atoms with Crippen LogP contribution in [0.1, 0.15) is 43.1 Å². The summed E-state index contributed by atoms with van der Waals surface area (Å²) in [4.78, 5) is 13.7. The highest BCUT2D eigenvalue weighted by Crippen LogP contribution is 2.36. The molecule has 1 N–H and O–H groups in total. The van der Waals surface area contributed by atoms with Crippen LogP contribution in [-0.4, -0.2) is 31.4 Å². The molecule has 1 saturated carbocycles. The highest BCUT2D eigenvalue weighted by atomic mass is 32.2. The van der Waals surface area contributed by atoms with Crippen molar-refractivity contribution in [2.75, 3.05) is 5.32 Å². The van der Waals surface area contributed by atoms with E-state index in [0.717, 1.165) is 34.8 Å². The molecule has 27 heavy (non-hydrogen) atoms. The van der Waals surface area contributed by atoms with Crippen LogP contribution in [0.5, 0.6) is 0 Å². The van der Waals surface area contributed by atoms with Gasteiger partial charge in [0.05, 0.1) is 6.04 Å². The van der Waals surface area contributed by atoms with Crippen molar-refractivity contribution in [3.8, 4) is 11.4 Å². The molecule has 0 aliphatic heterocycles. The quantitative estimate of drug-likeness (QED) is 0.642. The summed E-state index contributed by atoms with van der Waals surface area (Å²) in [5, 5.41) is 15.5. The molecule has 1 fully saturated rings. The molecule has 1 aromatic heterocycles. The number of tetrazole rings is 1. The van der Waals surface area contributed by atoms with E-state index >= 15 is 0 Å². The number of carbonyl (C=O) groups is 1. The van der Waals surface area contributed by atoms with Crippen molar-refractivity contribution < 1.29 is 4.79 Å². The molecule has 2 aromatic carbocycles. The van der Waals surface area contributed by atoms with Gasteiger partial charge in [-0.15, -0.1) is 16.9 Å². The SMILES string of the molecule is CC(C)Sc1ccc(C(=O)Nc2cccc(-c3nnnn3C3CC3)c2)cc1. The molecule has 7 heteroatoms. The summed E-state index contributed by atoms with van der Waals surface area (Å²) < 4.78 is 1.87. The minimum atomic E-state index is -0.130. The Morgan fingerprint density at radius 1 is 1.19 bits per heavy atom. The zero-order chi connectivity index (χ0) is 18.8. The van der Waals surface area contributed by atoms with Crippen LogP contribution in [0.4, 0.5) is 5.69 Å². The summed E-state index contributed by atoms with van der Waals surface area (Å²) >= 11 is 1.78. The highest BCUT2D eigenvalue weighted by molar-refractivity contribution is 7.99. The predicted molar refractivity (Wildman–Crippen MR) is 107 cm³/mol. The van der Waals surface area contributed by atoms with Crippen LogP contribution < -0.4 is 5.32 Å². The van der Waals surface area contributed by atoms with Gasteiger partial charge >= 0.3 is 0 Å². The molecule has 4 rings (SSSR count). The van der Waals surface area contributed by atoms with Crippen molar-refractivity contribution in [2.24, 2.45) is 0 Å². The fraction of sp³-hybridized carbons (Fsp3) is 0.300. The predicted octanol–water partition coefficient (Wildman–Crippen LogP) is 4.43. The Kier molecular flexibility index (Phi) is 4.94. The average molecular weight is 379 g/mol. The first-order chi connectivity index (χ1) is 13.1. The Hall–Kier alpha value is -2.67. The van der Waals surface area contributed by atoms with E-state index in [1.807, 2.05) is 53.2 Å². The van der Waals surface area contributed by atoms with Crippen molar-refractivity contribution in [1.29, 1.82) is 0 Å². The fourth-order valence-electron chi connectivity index (χ4n) is 2.85. The van der Waals surface area contributed by atoms with Crippen LogP contribution in [-0.2, 0) is 0 Å². The Morgan fingerprint density at radius 3 is 2.67 bits per heavy atom. The molecule has 138 valence electrons. The summed E-state index contributed by atoms with van der Waals surface area (Å²) in [7, 11) is 0. The van der Waals surface area contributed by atoms with Crippen molar-refractivity contribution in [1.82, 2.24) is 20.2 Å². The summed E-state index contributed by atoms with van der Waals surface area (Å²) in [6.45, 7) is 4.30. The van der Waals surface area contributed by atoms with E-state index in [1.54, 1.807) is 11.8 Å². The fourth-order valence-corrected chi connectivity index (χ4v) is 3.68. The summed E-state index contributed by atoms with van der Waals surface area (Å²) in [5.74, 6) is 0.610. The van der Waals surface area contributed by atoms with Gasteiger partial charge in [-0.1, -0.05) is 26.0 Å². The molecule has 0 spiro atoms. The van der Waals surface area contributed by atoms with E-state index in [9.17, 15) is 4.79 Å². The summed E-state index contributed by atoms with van der Waals surface area (Å²) in [6, 6.07) is 15.7. The number of carbonyl (C=O) groups excluding carboxylic acids is 1. The molecular formula is C20H21N5OS.